The zero-order valence-corrected chi connectivity index (χ0v) is 11.4. The fourth-order valence-corrected chi connectivity index (χ4v) is 3.03. The van der Waals surface area contributed by atoms with E-state index >= 15 is 0 Å². The number of hydrogen-bond donors (Lipinski definition) is 1. The van der Waals surface area contributed by atoms with E-state index < -0.39 is 5.97 Å². The van der Waals surface area contributed by atoms with Crippen LogP contribution in [0.4, 0.5) is 0 Å². The Morgan fingerprint density at radius 2 is 2.22 bits per heavy atom. The summed E-state index contributed by atoms with van der Waals surface area (Å²) < 4.78 is 2.86. The topological polar surface area (TPSA) is 54.6 Å². The van der Waals surface area contributed by atoms with Crippen molar-refractivity contribution in [3.8, 4) is 10.6 Å². The monoisotopic (exact) mass is 322 g/mol. The van der Waals surface area contributed by atoms with E-state index in [9.17, 15) is 4.79 Å². The first-order valence-corrected chi connectivity index (χ1v) is 6.72. The lowest BCUT2D eigenvalue weighted by molar-refractivity contribution is 0.0697. The number of imidazole rings is 1. The van der Waals surface area contributed by atoms with Gasteiger partial charge in [0.15, 0.2) is 0 Å². The molecule has 18 heavy (non-hydrogen) atoms. The minimum atomic E-state index is -0.944. The van der Waals surface area contributed by atoms with Crippen LogP contribution >= 0.6 is 27.3 Å². The van der Waals surface area contributed by atoms with Crippen LogP contribution in [0.25, 0.3) is 16.2 Å². The first kappa shape index (κ1) is 11.4. The van der Waals surface area contributed by atoms with E-state index in [0.717, 1.165) is 14.4 Å². The summed E-state index contributed by atoms with van der Waals surface area (Å²) in [6.45, 7) is 0. The zero-order valence-electron chi connectivity index (χ0n) is 9.00. The third-order valence-corrected chi connectivity index (χ3v) is 4.18. The summed E-state index contributed by atoms with van der Waals surface area (Å²) in [5.74, 6) is -0.944. The van der Waals surface area contributed by atoms with Gasteiger partial charge in [0.05, 0.1) is 19.9 Å². The highest BCUT2D eigenvalue weighted by Crippen LogP contribution is 2.30. The average Bonchev–Trinajstić information content (AvgIpc) is 2.93. The Morgan fingerprint density at radius 1 is 1.39 bits per heavy atom. The van der Waals surface area contributed by atoms with Gasteiger partial charge in [-0.25, -0.2) is 9.78 Å². The number of nitrogens with zero attached hydrogens (tertiary/aromatic N) is 2. The summed E-state index contributed by atoms with van der Waals surface area (Å²) in [4.78, 5) is 16.4. The average molecular weight is 323 g/mol. The summed E-state index contributed by atoms with van der Waals surface area (Å²) in [5, 5.41) is 8.93. The normalized spacial score (nSPS) is 10.9. The number of hydrogen-bond acceptors (Lipinski definition) is 3. The molecule has 0 aromatic carbocycles. The molecular formula is C12H7BrN2O2S. The van der Waals surface area contributed by atoms with Gasteiger partial charge in [-0.05, 0) is 40.2 Å². The van der Waals surface area contributed by atoms with Gasteiger partial charge < -0.3 is 9.51 Å². The van der Waals surface area contributed by atoms with Crippen LogP contribution in [-0.4, -0.2) is 20.5 Å². The van der Waals surface area contributed by atoms with E-state index in [2.05, 4.69) is 20.9 Å². The van der Waals surface area contributed by atoms with Crippen molar-refractivity contribution in [3.63, 3.8) is 0 Å². The van der Waals surface area contributed by atoms with Gasteiger partial charge in [-0.3, -0.25) is 0 Å². The summed E-state index contributed by atoms with van der Waals surface area (Å²) >= 11 is 5.00. The Bertz CT molecular complexity index is 747. The minimum Gasteiger partial charge on any atom is -0.478 e. The molecule has 1 N–H and O–H groups in total. The van der Waals surface area contributed by atoms with Crippen LogP contribution in [0.2, 0.25) is 0 Å². The van der Waals surface area contributed by atoms with Gasteiger partial charge >= 0.3 is 5.97 Å². The molecule has 90 valence electrons. The lowest BCUT2D eigenvalue weighted by Crippen LogP contribution is -1.96. The molecule has 0 radical (unpaired) electrons. The second-order valence-electron chi connectivity index (χ2n) is 3.72. The Hall–Kier alpha value is -1.66. The molecule has 4 nitrogen and oxygen atoms in total. The second kappa shape index (κ2) is 4.22. The van der Waals surface area contributed by atoms with Crippen molar-refractivity contribution in [1.29, 1.82) is 0 Å². The van der Waals surface area contributed by atoms with Gasteiger partial charge in [0.25, 0.3) is 0 Å². The van der Waals surface area contributed by atoms with Crippen LogP contribution in [0.5, 0.6) is 0 Å². The van der Waals surface area contributed by atoms with Gasteiger partial charge in [-0.2, -0.15) is 0 Å². The Labute approximate surface area is 115 Å². The number of thiophene rings is 1. The Morgan fingerprint density at radius 3 is 2.89 bits per heavy atom. The number of aromatic carboxylic acids is 1. The lowest BCUT2D eigenvalue weighted by atomic mass is 10.3. The predicted molar refractivity (Wildman–Crippen MR) is 73.2 cm³/mol. The number of carboxylic acids is 1. The van der Waals surface area contributed by atoms with Crippen molar-refractivity contribution in [1.82, 2.24) is 9.38 Å². The van der Waals surface area contributed by atoms with Crippen molar-refractivity contribution in [2.45, 2.75) is 0 Å². The Kier molecular flexibility index (Phi) is 2.68. The van der Waals surface area contributed by atoms with Gasteiger partial charge in [0.1, 0.15) is 5.65 Å². The SMILES string of the molecule is O=C(O)c1ccn2cc(-c3ccc(Br)s3)nc2c1. The predicted octanol–water partition coefficient (Wildman–Crippen LogP) is 3.52. The van der Waals surface area contributed by atoms with E-state index in [1.807, 2.05) is 22.7 Å². The third kappa shape index (κ3) is 1.93. The molecule has 0 atom stereocenters. The van der Waals surface area contributed by atoms with Gasteiger partial charge in [0.2, 0.25) is 0 Å². The standard InChI is InChI=1S/C12H7BrN2O2S/c13-10-2-1-9(18-10)8-6-15-4-3-7(12(16)17)5-11(15)14-8/h1-6H,(H,16,17). The number of fused-ring (bicyclic) bond motifs is 1. The minimum absolute atomic E-state index is 0.243. The van der Waals surface area contributed by atoms with Gasteiger partial charge in [0, 0.05) is 12.4 Å². The molecule has 0 bridgehead atoms. The molecule has 0 fully saturated rings. The molecule has 0 saturated carbocycles. The molecular weight excluding hydrogens is 316 g/mol. The summed E-state index contributed by atoms with van der Waals surface area (Å²) in [6, 6.07) is 7.07. The maximum absolute atomic E-state index is 10.9. The molecule has 0 unspecified atom stereocenters. The van der Waals surface area contributed by atoms with Crippen molar-refractivity contribution in [2.24, 2.45) is 0 Å². The number of halogens is 1. The van der Waals surface area contributed by atoms with Crippen molar-refractivity contribution in [2.75, 3.05) is 0 Å². The van der Waals surface area contributed by atoms with Crippen LogP contribution in [-0.2, 0) is 0 Å². The smallest absolute Gasteiger partial charge is 0.335 e. The zero-order chi connectivity index (χ0) is 12.7. The van der Waals surface area contributed by atoms with Crippen LogP contribution < -0.4 is 0 Å². The first-order chi connectivity index (χ1) is 8.63. The van der Waals surface area contributed by atoms with Crippen molar-refractivity contribution >= 4 is 38.9 Å². The van der Waals surface area contributed by atoms with Crippen LogP contribution in [0, 0.1) is 0 Å². The molecule has 3 heterocycles. The second-order valence-corrected chi connectivity index (χ2v) is 6.18. The van der Waals surface area contributed by atoms with Crippen LogP contribution in [0.1, 0.15) is 10.4 Å². The molecule has 3 rings (SSSR count). The lowest BCUT2D eigenvalue weighted by Gasteiger charge is -1.94. The first-order valence-electron chi connectivity index (χ1n) is 5.11. The highest BCUT2D eigenvalue weighted by molar-refractivity contribution is 9.11. The van der Waals surface area contributed by atoms with E-state index in [4.69, 9.17) is 5.11 Å². The van der Waals surface area contributed by atoms with E-state index in [1.165, 1.54) is 0 Å². The number of pyridine rings is 1. The van der Waals surface area contributed by atoms with Crippen LogP contribution in [0.15, 0.2) is 40.4 Å². The molecule has 0 aliphatic carbocycles. The fourth-order valence-electron chi connectivity index (χ4n) is 1.69. The van der Waals surface area contributed by atoms with Crippen LogP contribution in [0.3, 0.4) is 0 Å². The summed E-state index contributed by atoms with van der Waals surface area (Å²) in [5.41, 5.74) is 1.72. The van der Waals surface area contributed by atoms with E-state index in [-0.39, 0.29) is 5.56 Å². The maximum Gasteiger partial charge on any atom is 0.335 e. The highest BCUT2D eigenvalue weighted by atomic mass is 79.9. The van der Waals surface area contributed by atoms with E-state index in [0.29, 0.717) is 5.65 Å². The van der Waals surface area contributed by atoms with Gasteiger partial charge in [-0.1, -0.05) is 0 Å². The number of carboxylic acid groups (broad SMARTS) is 1. The largest absolute Gasteiger partial charge is 0.478 e. The third-order valence-electron chi connectivity index (χ3n) is 2.53. The molecule has 0 amide bonds. The number of carbonyl (C=O) groups is 1. The quantitative estimate of drug-likeness (QED) is 0.785. The summed E-state index contributed by atoms with van der Waals surface area (Å²) in [7, 11) is 0. The van der Waals surface area contributed by atoms with Crippen molar-refractivity contribution < 1.29 is 9.90 Å². The van der Waals surface area contributed by atoms with Crippen molar-refractivity contribution in [3.05, 3.63) is 46.0 Å². The number of rotatable bonds is 2. The fraction of sp³-hybridized carbons (Fsp3) is 0. The van der Waals surface area contributed by atoms with E-state index in [1.54, 1.807) is 29.7 Å². The molecule has 0 saturated heterocycles. The number of aromatic nitrogens is 2. The summed E-state index contributed by atoms with van der Waals surface area (Å²) in [6.07, 6.45) is 3.59. The molecule has 0 aliphatic rings. The molecule has 0 aliphatic heterocycles. The molecule has 6 heteroatoms. The molecule has 3 aromatic heterocycles. The Balaban J connectivity index is 2.13. The highest BCUT2D eigenvalue weighted by Gasteiger charge is 2.09. The maximum atomic E-state index is 10.9. The molecule has 0 spiro atoms. The van der Waals surface area contributed by atoms with Gasteiger partial charge in [-0.15, -0.1) is 11.3 Å². The molecule has 3 aromatic rings.